The number of hydrogen-bond acceptors (Lipinski definition) is 4. The standard InChI is InChI=1S/C14H22N2O2/c1-14(2,3)15-10-13(17)11-18-16-12-8-6-4-5-7-9-12/h4-9,13,15,17H,10-11H2,1-3H3. The average molecular weight is 250 g/mol. The third kappa shape index (κ3) is 7.04. The Morgan fingerprint density at radius 3 is 2.39 bits per heavy atom. The van der Waals surface area contributed by atoms with Gasteiger partial charge in [0.25, 0.3) is 0 Å². The fourth-order valence-electron chi connectivity index (χ4n) is 1.23. The molecule has 0 aromatic heterocycles. The summed E-state index contributed by atoms with van der Waals surface area (Å²) >= 11 is 0. The fourth-order valence-corrected chi connectivity index (χ4v) is 1.23. The van der Waals surface area contributed by atoms with Gasteiger partial charge >= 0.3 is 0 Å². The monoisotopic (exact) mass is 250 g/mol. The maximum atomic E-state index is 9.69. The highest BCUT2D eigenvalue weighted by Crippen LogP contribution is 1.98. The maximum absolute atomic E-state index is 9.69. The van der Waals surface area contributed by atoms with Crippen LogP contribution >= 0.6 is 0 Å². The Labute approximate surface area is 108 Å². The van der Waals surface area contributed by atoms with Gasteiger partial charge in [0.2, 0.25) is 0 Å². The van der Waals surface area contributed by atoms with Crippen molar-refractivity contribution in [2.24, 2.45) is 5.16 Å². The van der Waals surface area contributed by atoms with Crippen LogP contribution in [0.2, 0.25) is 0 Å². The zero-order valence-corrected chi connectivity index (χ0v) is 11.3. The zero-order chi connectivity index (χ0) is 13.4. The van der Waals surface area contributed by atoms with Crippen molar-refractivity contribution in [3.05, 3.63) is 41.8 Å². The molecule has 0 spiro atoms. The van der Waals surface area contributed by atoms with Gasteiger partial charge in [0, 0.05) is 12.1 Å². The first-order valence-electron chi connectivity index (χ1n) is 6.12. The molecule has 18 heavy (non-hydrogen) atoms. The molecule has 1 aromatic rings. The summed E-state index contributed by atoms with van der Waals surface area (Å²) in [6, 6.07) is 11.3. The van der Waals surface area contributed by atoms with Crippen molar-refractivity contribution < 1.29 is 9.94 Å². The summed E-state index contributed by atoms with van der Waals surface area (Å²) in [5, 5.41) is 17.6. The molecule has 0 fully saturated rings. The number of nitrogens with zero attached hydrogens (tertiary/aromatic N) is 1. The molecule has 0 saturated heterocycles. The second kappa shape index (κ2) is 7.13. The minimum atomic E-state index is -0.564. The number of nitrogens with one attached hydrogen (secondary N) is 1. The summed E-state index contributed by atoms with van der Waals surface area (Å²) in [5.74, 6) is 0. The molecule has 0 amide bonds. The van der Waals surface area contributed by atoms with Gasteiger partial charge in [-0.2, -0.15) is 0 Å². The van der Waals surface area contributed by atoms with Crippen LogP contribution in [0.4, 0.5) is 0 Å². The average Bonchev–Trinajstić information content (AvgIpc) is 2.54. The first kappa shape index (κ1) is 14.7. The number of rotatable bonds is 5. The van der Waals surface area contributed by atoms with Crippen LogP contribution in [0.15, 0.2) is 41.6 Å². The van der Waals surface area contributed by atoms with Crippen LogP contribution in [-0.4, -0.2) is 29.9 Å². The second-order valence-corrected chi connectivity index (χ2v) is 5.20. The molecule has 1 atom stereocenters. The third-order valence-corrected chi connectivity index (χ3v) is 2.17. The summed E-state index contributed by atoms with van der Waals surface area (Å²) in [7, 11) is 0. The Hall–Kier alpha value is -1.39. The van der Waals surface area contributed by atoms with Gasteiger partial charge in [-0.15, -0.1) is 0 Å². The molecule has 2 N–H and O–H groups in total. The highest BCUT2D eigenvalue weighted by Gasteiger charge is 2.12. The topological polar surface area (TPSA) is 53.8 Å². The summed E-state index contributed by atoms with van der Waals surface area (Å²) < 4.78 is 0. The zero-order valence-electron chi connectivity index (χ0n) is 11.3. The minimum Gasteiger partial charge on any atom is -0.393 e. The highest BCUT2D eigenvalue weighted by molar-refractivity contribution is 4.99. The quantitative estimate of drug-likeness (QED) is 0.774. The molecule has 4 heteroatoms. The first-order chi connectivity index (χ1) is 8.47. The minimum absolute atomic E-state index is 0.00863. The van der Waals surface area contributed by atoms with Gasteiger partial charge in [0.1, 0.15) is 18.1 Å². The van der Waals surface area contributed by atoms with E-state index in [2.05, 4.69) is 31.2 Å². The van der Waals surface area contributed by atoms with Crippen LogP contribution in [0, 0.1) is 0 Å². The SMILES string of the molecule is CC(C)(C)NCC(O)CON=c1cccccc1. The Balaban J connectivity index is 2.36. The van der Waals surface area contributed by atoms with E-state index >= 15 is 0 Å². The lowest BCUT2D eigenvalue weighted by molar-refractivity contribution is 0.0324. The Morgan fingerprint density at radius 2 is 1.83 bits per heavy atom. The van der Waals surface area contributed by atoms with Crippen LogP contribution in [0.5, 0.6) is 0 Å². The van der Waals surface area contributed by atoms with Crippen molar-refractivity contribution in [1.82, 2.24) is 5.32 Å². The largest absolute Gasteiger partial charge is 0.393 e. The van der Waals surface area contributed by atoms with Crippen molar-refractivity contribution in [2.75, 3.05) is 13.2 Å². The molecule has 0 bridgehead atoms. The molecule has 100 valence electrons. The van der Waals surface area contributed by atoms with Gasteiger partial charge in [-0.3, -0.25) is 0 Å². The first-order valence-corrected chi connectivity index (χ1v) is 6.12. The lowest BCUT2D eigenvalue weighted by Crippen LogP contribution is -2.42. The lowest BCUT2D eigenvalue weighted by Gasteiger charge is -2.22. The van der Waals surface area contributed by atoms with E-state index in [9.17, 15) is 5.11 Å². The molecule has 0 aliphatic rings. The molecular formula is C14H22N2O2. The van der Waals surface area contributed by atoms with E-state index in [0.29, 0.717) is 6.54 Å². The fraction of sp³-hybridized carbons (Fsp3) is 0.500. The van der Waals surface area contributed by atoms with E-state index in [-0.39, 0.29) is 12.1 Å². The Kier molecular flexibility index (Phi) is 5.82. The van der Waals surface area contributed by atoms with E-state index in [1.807, 2.05) is 36.4 Å². The van der Waals surface area contributed by atoms with Gasteiger partial charge in [0.15, 0.2) is 0 Å². The molecule has 4 nitrogen and oxygen atoms in total. The molecule has 1 rings (SSSR count). The summed E-state index contributed by atoms with van der Waals surface area (Å²) in [4.78, 5) is 5.12. The van der Waals surface area contributed by atoms with Crippen LogP contribution in [0.1, 0.15) is 20.8 Å². The van der Waals surface area contributed by atoms with Gasteiger partial charge < -0.3 is 15.3 Å². The highest BCUT2D eigenvalue weighted by atomic mass is 16.6. The Bertz CT molecular complexity index is 391. The molecule has 0 saturated carbocycles. The van der Waals surface area contributed by atoms with Crippen molar-refractivity contribution in [3.63, 3.8) is 0 Å². The van der Waals surface area contributed by atoms with E-state index in [1.54, 1.807) is 0 Å². The van der Waals surface area contributed by atoms with E-state index in [4.69, 9.17) is 4.84 Å². The predicted molar refractivity (Wildman–Crippen MR) is 71.7 cm³/mol. The molecule has 1 aromatic carbocycles. The lowest BCUT2D eigenvalue weighted by atomic mass is 10.1. The molecule has 0 aliphatic carbocycles. The van der Waals surface area contributed by atoms with Crippen LogP contribution in [-0.2, 0) is 4.84 Å². The molecule has 0 heterocycles. The molecular weight excluding hydrogens is 228 g/mol. The van der Waals surface area contributed by atoms with E-state index < -0.39 is 6.10 Å². The van der Waals surface area contributed by atoms with Gasteiger partial charge in [0.05, 0.1) is 0 Å². The summed E-state index contributed by atoms with van der Waals surface area (Å²) in [6.45, 7) is 6.82. The van der Waals surface area contributed by atoms with Crippen LogP contribution < -0.4 is 10.7 Å². The smallest absolute Gasteiger partial charge is 0.144 e. The predicted octanol–water partition coefficient (Wildman–Crippen LogP) is 1.27. The number of hydrogen-bond donors (Lipinski definition) is 2. The van der Waals surface area contributed by atoms with Crippen molar-refractivity contribution >= 4 is 0 Å². The molecule has 1 unspecified atom stereocenters. The van der Waals surface area contributed by atoms with E-state index in [1.165, 1.54) is 0 Å². The number of β-amino-alcohol motifs (C(OH)–C–C–N with tert-alkyl or cyclic N) is 1. The second-order valence-electron chi connectivity index (χ2n) is 5.20. The molecule has 0 radical (unpaired) electrons. The number of aliphatic hydroxyl groups excluding tert-OH is 1. The maximum Gasteiger partial charge on any atom is 0.144 e. The van der Waals surface area contributed by atoms with Crippen molar-refractivity contribution in [3.8, 4) is 0 Å². The van der Waals surface area contributed by atoms with Crippen LogP contribution in [0.25, 0.3) is 0 Å². The van der Waals surface area contributed by atoms with Crippen molar-refractivity contribution in [2.45, 2.75) is 32.4 Å². The summed E-state index contributed by atoms with van der Waals surface area (Å²) in [6.07, 6.45) is -0.564. The Morgan fingerprint density at radius 1 is 1.22 bits per heavy atom. The van der Waals surface area contributed by atoms with E-state index in [0.717, 1.165) is 5.36 Å². The number of aliphatic hydroxyl groups is 1. The summed E-state index contributed by atoms with van der Waals surface area (Å²) in [5.41, 5.74) is -0.00863. The van der Waals surface area contributed by atoms with Gasteiger partial charge in [-0.05, 0) is 32.9 Å². The normalized spacial score (nSPS) is 12.9. The third-order valence-electron chi connectivity index (χ3n) is 2.17. The van der Waals surface area contributed by atoms with Gasteiger partial charge in [-0.1, -0.05) is 29.4 Å². The van der Waals surface area contributed by atoms with Crippen LogP contribution in [0.3, 0.4) is 0 Å². The van der Waals surface area contributed by atoms with Crippen molar-refractivity contribution in [1.29, 1.82) is 0 Å². The van der Waals surface area contributed by atoms with Gasteiger partial charge in [-0.25, -0.2) is 0 Å². The molecule has 0 aliphatic heterocycles.